The van der Waals surface area contributed by atoms with Crippen LogP contribution in [-0.2, 0) is 0 Å². The van der Waals surface area contributed by atoms with E-state index < -0.39 is 0 Å². The molecule has 0 saturated carbocycles. The molecule has 2 nitrogen and oxygen atoms in total. The van der Waals surface area contributed by atoms with E-state index in [2.05, 4.69) is 0 Å². The molecule has 0 saturated heterocycles. The van der Waals surface area contributed by atoms with Crippen LogP contribution < -0.4 is 10.5 Å². The summed E-state index contributed by atoms with van der Waals surface area (Å²) in [6.45, 7) is 1.91. The van der Waals surface area contributed by atoms with Crippen molar-refractivity contribution in [2.24, 2.45) is 5.73 Å². The topological polar surface area (TPSA) is 35.2 Å². The van der Waals surface area contributed by atoms with Crippen LogP contribution in [0.3, 0.4) is 0 Å². The first-order valence-corrected chi connectivity index (χ1v) is 4.12. The lowest BCUT2D eigenvalue weighted by atomic mass is 10.1. The Kier molecular flexibility index (Phi) is 2.95. The van der Waals surface area contributed by atoms with Crippen LogP contribution in [0.2, 0.25) is 5.02 Å². The van der Waals surface area contributed by atoms with Crippen molar-refractivity contribution in [1.29, 1.82) is 0 Å². The molecule has 0 aliphatic heterocycles. The lowest BCUT2D eigenvalue weighted by molar-refractivity contribution is 0.415. The molecule has 1 rings (SSSR count). The van der Waals surface area contributed by atoms with E-state index in [1.54, 1.807) is 7.11 Å². The Bertz CT molecular complexity index is 273. The third-order valence-electron chi connectivity index (χ3n) is 1.70. The van der Waals surface area contributed by atoms with Crippen molar-refractivity contribution in [1.82, 2.24) is 0 Å². The second kappa shape index (κ2) is 3.78. The molecule has 1 atom stereocenters. The number of halogens is 1. The van der Waals surface area contributed by atoms with Gasteiger partial charge in [0.15, 0.2) is 0 Å². The smallest absolute Gasteiger partial charge is 0.137 e. The lowest BCUT2D eigenvalue weighted by Gasteiger charge is -2.08. The fraction of sp³-hybridized carbons (Fsp3) is 0.333. The summed E-state index contributed by atoms with van der Waals surface area (Å²) in [6, 6.07) is 5.56. The Balaban J connectivity index is 3.02. The van der Waals surface area contributed by atoms with E-state index in [-0.39, 0.29) is 6.04 Å². The number of nitrogens with two attached hydrogens (primary N) is 1. The molecule has 2 N–H and O–H groups in total. The fourth-order valence-corrected chi connectivity index (χ4v) is 1.23. The SMILES string of the molecule is COc1ccc([C@H](C)N)cc1Cl. The van der Waals surface area contributed by atoms with Crippen LogP contribution in [0, 0.1) is 0 Å². The maximum Gasteiger partial charge on any atom is 0.137 e. The normalized spacial score (nSPS) is 12.7. The van der Waals surface area contributed by atoms with E-state index in [0.717, 1.165) is 5.56 Å². The predicted molar refractivity (Wildman–Crippen MR) is 50.6 cm³/mol. The molecule has 0 aliphatic carbocycles. The van der Waals surface area contributed by atoms with Crippen LogP contribution in [0.4, 0.5) is 0 Å². The Hall–Kier alpha value is -0.730. The second-order valence-corrected chi connectivity index (χ2v) is 3.09. The zero-order valence-electron chi connectivity index (χ0n) is 7.17. The van der Waals surface area contributed by atoms with Gasteiger partial charge in [-0.3, -0.25) is 0 Å². The minimum Gasteiger partial charge on any atom is -0.495 e. The third-order valence-corrected chi connectivity index (χ3v) is 2.00. The van der Waals surface area contributed by atoms with Gasteiger partial charge in [-0.1, -0.05) is 17.7 Å². The maximum absolute atomic E-state index is 5.89. The number of hydrogen-bond acceptors (Lipinski definition) is 2. The van der Waals surface area contributed by atoms with Gasteiger partial charge >= 0.3 is 0 Å². The second-order valence-electron chi connectivity index (χ2n) is 2.68. The van der Waals surface area contributed by atoms with E-state index in [4.69, 9.17) is 22.1 Å². The van der Waals surface area contributed by atoms with Crippen LogP contribution in [0.5, 0.6) is 5.75 Å². The van der Waals surface area contributed by atoms with Crippen LogP contribution >= 0.6 is 11.6 Å². The third kappa shape index (κ3) is 1.90. The van der Waals surface area contributed by atoms with Gasteiger partial charge in [0.25, 0.3) is 0 Å². The highest BCUT2D eigenvalue weighted by molar-refractivity contribution is 6.32. The average molecular weight is 186 g/mol. The Labute approximate surface area is 77.3 Å². The van der Waals surface area contributed by atoms with Crippen LogP contribution in [0.1, 0.15) is 18.5 Å². The number of benzene rings is 1. The maximum atomic E-state index is 5.89. The Morgan fingerprint density at radius 2 is 2.17 bits per heavy atom. The van der Waals surface area contributed by atoms with Crippen molar-refractivity contribution >= 4 is 11.6 Å². The van der Waals surface area contributed by atoms with Crippen LogP contribution in [-0.4, -0.2) is 7.11 Å². The van der Waals surface area contributed by atoms with Gasteiger partial charge in [0, 0.05) is 6.04 Å². The standard InChI is InChI=1S/C9H12ClNO/c1-6(11)7-3-4-9(12-2)8(10)5-7/h3-6H,11H2,1-2H3/t6-/m0/s1. The minimum absolute atomic E-state index is 0.00778. The summed E-state index contributed by atoms with van der Waals surface area (Å²) in [6.07, 6.45) is 0. The molecular formula is C9H12ClNO. The monoisotopic (exact) mass is 185 g/mol. The van der Waals surface area contributed by atoms with Gasteiger partial charge in [-0.15, -0.1) is 0 Å². The highest BCUT2D eigenvalue weighted by atomic mass is 35.5. The number of rotatable bonds is 2. The molecule has 12 heavy (non-hydrogen) atoms. The summed E-state index contributed by atoms with van der Waals surface area (Å²) in [7, 11) is 1.59. The van der Waals surface area contributed by atoms with Gasteiger partial charge in [-0.05, 0) is 24.6 Å². The molecular weight excluding hydrogens is 174 g/mol. The van der Waals surface area contributed by atoms with Crippen LogP contribution in [0.15, 0.2) is 18.2 Å². The van der Waals surface area contributed by atoms with E-state index in [1.165, 1.54) is 0 Å². The van der Waals surface area contributed by atoms with E-state index in [1.807, 2.05) is 25.1 Å². The lowest BCUT2D eigenvalue weighted by Crippen LogP contribution is -2.04. The molecule has 1 aromatic carbocycles. The highest BCUT2D eigenvalue weighted by Crippen LogP contribution is 2.26. The number of ether oxygens (including phenoxy) is 1. The van der Waals surface area contributed by atoms with Gasteiger partial charge in [-0.25, -0.2) is 0 Å². The first-order valence-electron chi connectivity index (χ1n) is 3.74. The van der Waals surface area contributed by atoms with Crippen molar-refractivity contribution in [3.8, 4) is 5.75 Å². The van der Waals surface area contributed by atoms with Gasteiger partial charge in [0.05, 0.1) is 12.1 Å². The first-order chi connectivity index (χ1) is 5.65. The molecule has 1 aromatic rings. The quantitative estimate of drug-likeness (QED) is 0.768. The molecule has 0 heterocycles. The molecule has 0 spiro atoms. The Morgan fingerprint density at radius 3 is 2.58 bits per heavy atom. The summed E-state index contributed by atoms with van der Waals surface area (Å²) in [4.78, 5) is 0. The fourth-order valence-electron chi connectivity index (χ4n) is 0.966. The van der Waals surface area contributed by atoms with E-state index in [0.29, 0.717) is 10.8 Å². The number of hydrogen-bond donors (Lipinski definition) is 1. The largest absolute Gasteiger partial charge is 0.495 e. The summed E-state index contributed by atoms with van der Waals surface area (Å²) in [5.41, 5.74) is 6.69. The Morgan fingerprint density at radius 1 is 1.50 bits per heavy atom. The summed E-state index contributed by atoms with van der Waals surface area (Å²) >= 11 is 5.89. The molecule has 0 fully saturated rings. The summed E-state index contributed by atoms with van der Waals surface area (Å²) in [5.74, 6) is 0.682. The van der Waals surface area contributed by atoms with E-state index in [9.17, 15) is 0 Å². The minimum atomic E-state index is 0.00778. The zero-order valence-corrected chi connectivity index (χ0v) is 7.93. The van der Waals surface area contributed by atoms with Crippen molar-refractivity contribution in [2.45, 2.75) is 13.0 Å². The molecule has 3 heteroatoms. The average Bonchev–Trinajstić information content (AvgIpc) is 2.04. The van der Waals surface area contributed by atoms with Gasteiger partial charge in [0.2, 0.25) is 0 Å². The zero-order chi connectivity index (χ0) is 9.14. The summed E-state index contributed by atoms with van der Waals surface area (Å²) in [5, 5.41) is 0.604. The highest BCUT2D eigenvalue weighted by Gasteiger charge is 2.03. The van der Waals surface area contributed by atoms with Crippen molar-refractivity contribution in [2.75, 3.05) is 7.11 Å². The van der Waals surface area contributed by atoms with Crippen molar-refractivity contribution in [3.05, 3.63) is 28.8 Å². The molecule has 66 valence electrons. The molecule has 0 unspecified atom stereocenters. The molecule has 0 radical (unpaired) electrons. The van der Waals surface area contributed by atoms with Gasteiger partial charge in [-0.2, -0.15) is 0 Å². The first kappa shape index (κ1) is 9.36. The molecule has 0 amide bonds. The predicted octanol–water partition coefficient (Wildman–Crippen LogP) is 2.37. The number of methoxy groups -OCH3 is 1. The van der Waals surface area contributed by atoms with Crippen molar-refractivity contribution < 1.29 is 4.74 Å². The van der Waals surface area contributed by atoms with E-state index >= 15 is 0 Å². The van der Waals surface area contributed by atoms with Crippen LogP contribution in [0.25, 0.3) is 0 Å². The molecule has 0 aliphatic rings. The van der Waals surface area contributed by atoms with Crippen molar-refractivity contribution in [3.63, 3.8) is 0 Å². The summed E-state index contributed by atoms with van der Waals surface area (Å²) < 4.78 is 5.01. The molecule has 0 bridgehead atoms. The molecule has 0 aromatic heterocycles. The van der Waals surface area contributed by atoms with Gasteiger partial charge < -0.3 is 10.5 Å². The van der Waals surface area contributed by atoms with Gasteiger partial charge in [0.1, 0.15) is 5.75 Å².